The first kappa shape index (κ1) is 16.6. The molecule has 3 N–H and O–H groups in total. The Bertz CT molecular complexity index is 869. The van der Waals surface area contributed by atoms with E-state index in [0.717, 1.165) is 19.4 Å². The van der Waals surface area contributed by atoms with E-state index in [2.05, 4.69) is 20.2 Å². The van der Waals surface area contributed by atoms with Gasteiger partial charge in [0.05, 0.1) is 5.56 Å². The second-order valence-corrected chi connectivity index (χ2v) is 7.10. The van der Waals surface area contributed by atoms with Crippen molar-refractivity contribution in [3.8, 4) is 0 Å². The van der Waals surface area contributed by atoms with Crippen molar-refractivity contribution >= 4 is 11.8 Å². The van der Waals surface area contributed by atoms with Crippen LogP contribution < -0.4 is 16.2 Å². The van der Waals surface area contributed by atoms with Gasteiger partial charge in [-0.1, -0.05) is 0 Å². The van der Waals surface area contributed by atoms with Gasteiger partial charge in [-0.25, -0.2) is 0 Å². The molecule has 1 saturated carbocycles. The Kier molecular flexibility index (Phi) is 4.36. The lowest BCUT2D eigenvalue weighted by atomic mass is 9.86. The summed E-state index contributed by atoms with van der Waals surface area (Å²) in [5, 5.41) is 5.87. The summed E-state index contributed by atoms with van der Waals surface area (Å²) in [7, 11) is 0. The molecule has 26 heavy (non-hydrogen) atoms. The number of aryl methyl sites for hydroxylation is 2. The summed E-state index contributed by atoms with van der Waals surface area (Å²) in [6.07, 6.45) is 8.16. The first-order valence-corrected chi connectivity index (χ1v) is 9.08. The fraction of sp³-hybridized carbons (Fsp3) is 0.421. The normalized spacial score (nSPS) is 21.4. The molecule has 0 spiro atoms. The number of amides is 2. The molecule has 3 heterocycles. The van der Waals surface area contributed by atoms with Gasteiger partial charge in [-0.15, -0.1) is 0 Å². The second kappa shape index (κ2) is 6.82. The first-order valence-electron chi connectivity index (χ1n) is 9.08. The topological polar surface area (TPSA) is 96.0 Å². The summed E-state index contributed by atoms with van der Waals surface area (Å²) in [5.74, 6) is -0.428. The quantitative estimate of drug-likeness (QED) is 0.770. The maximum absolute atomic E-state index is 12.4. The van der Waals surface area contributed by atoms with E-state index in [-0.39, 0.29) is 29.5 Å². The van der Waals surface area contributed by atoms with Gasteiger partial charge in [0.15, 0.2) is 0 Å². The molecule has 0 radical (unpaired) electrons. The fourth-order valence-corrected chi connectivity index (χ4v) is 3.67. The van der Waals surface area contributed by atoms with E-state index in [0.29, 0.717) is 18.4 Å². The SMILES string of the molecule is O=C(NC1CC(NC(=O)c2ccc[nH]c2=O)C1)c1cc2n(c1)CCCC2. The largest absolute Gasteiger partial charge is 0.351 e. The summed E-state index contributed by atoms with van der Waals surface area (Å²) >= 11 is 0. The molecule has 0 bridgehead atoms. The molecule has 0 unspecified atom stereocenters. The molecule has 7 nitrogen and oxygen atoms in total. The standard InChI is InChI=1S/C19H22N4O3/c24-17(12-8-15-4-1-2-7-23(15)11-12)21-13-9-14(10-13)22-19(26)16-5-3-6-20-18(16)25/h3,5-6,8,11,13-14H,1-2,4,7,9-10H2,(H,20,25)(H,21,24)(H,22,26). The average Bonchev–Trinajstić information content (AvgIpc) is 3.04. The van der Waals surface area contributed by atoms with Crippen molar-refractivity contribution in [2.24, 2.45) is 0 Å². The molecular formula is C19H22N4O3. The smallest absolute Gasteiger partial charge is 0.260 e. The van der Waals surface area contributed by atoms with Gasteiger partial charge in [-0.3, -0.25) is 14.4 Å². The van der Waals surface area contributed by atoms with Crippen LogP contribution in [-0.4, -0.2) is 33.4 Å². The van der Waals surface area contributed by atoms with Gasteiger partial charge < -0.3 is 20.2 Å². The van der Waals surface area contributed by atoms with Crippen LogP contribution in [0.25, 0.3) is 0 Å². The van der Waals surface area contributed by atoms with E-state index in [1.165, 1.54) is 24.4 Å². The molecule has 7 heteroatoms. The highest BCUT2D eigenvalue weighted by Crippen LogP contribution is 2.22. The van der Waals surface area contributed by atoms with E-state index in [1.54, 1.807) is 6.07 Å². The van der Waals surface area contributed by atoms with Crippen LogP contribution in [0.1, 0.15) is 52.1 Å². The zero-order valence-corrected chi connectivity index (χ0v) is 14.5. The van der Waals surface area contributed by atoms with E-state index in [4.69, 9.17) is 0 Å². The number of nitrogens with zero attached hydrogens (tertiary/aromatic N) is 1. The van der Waals surface area contributed by atoms with Crippen molar-refractivity contribution in [2.45, 2.75) is 50.7 Å². The van der Waals surface area contributed by atoms with Crippen LogP contribution in [0.3, 0.4) is 0 Å². The molecule has 1 aliphatic carbocycles. The lowest BCUT2D eigenvalue weighted by Gasteiger charge is -2.36. The third-order valence-corrected chi connectivity index (χ3v) is 5.20. The Morgan fingerprint density at radius 2 is 1.88 bits per heavy atom. The third kappa shape index (κ3) is 3.29. The van der Waals surface area contributed by atoms with Gasteiger partial charge >= 0.3 is 0 Å². The molecule has 2 aromatic rings. The summed E-state index contributed by atoms with van der Waals surface area (Å²) in [4.78, 5) is 38.6. The molecule has 0 atom stereocenters. The predicted molar refractivity (Wildman–Crippen MR) is 96.2 cm³/mol. The predicted octanol–water partition coefficient (Wildman–Crippen LogP) is 1.20. The number of aromatic nitrogens is 2. The van der Waals surface area contributed by atoms with Gasteiger partial charge in [0, 0.05) is 36.7 Å². The average molecular weight is 354 g/mol. The maximum atomic E-state index is 12.4. The Morgan fingerprint density at radius 3 is 2.62 bits per heavy atom. The maximum Gasteiger partial charge on any atom is 0.260 e. The van der Waals surface area contributed by atoms with Crippen LogP contribution in [0.5, 0.6) is 0 Å². The van der Waals surface area contributed by atoms with Gasteiger partial charge in [-0.05, 0) is 50.3 Å². The minimum Gasteiger partial charge on any atom is -0.351 e. The van der Waals surface area contributed by atoms with Crippen LogP contribution in [0.4, 0.5) is 0 Å². The zero-order valence-electron chi connectivity index (χ0n) is 14.5. The van der Waals surface area contributed by atoms with E-state index in [9.17, 15) is 14.4 Å². The van der Waals surface area contributed by atoms with Crippen LogP contribution in [-0.2, 0) is 13.0 Å². The molecule has 2 amide bonds. The number of rotatable bonds is 4. The number of fused-ring (bicyclic) bond motifs is 1. The van der Waals surface area contributed by atoms with Crippen molar-refractivity contribution < 1.29 is 9.59 Å². The molecule has 4 rings (SSSR count). The van der Waals surface area contributed by atoms with Gasteiger partial charge in [0.25, 0.3) is 17.4 Å². The van der Waals surface area contributed by atoms with Crippen molar-refractivity contribution in [3.05, 3.63) is 57.8 Å². The first-order chi connectivity index (χ1) is 12.6. The number of aromatic amines is 1. The Hall–Kier alpha value is -2.83. The second-order valence-electron chi connectivity index (χ2n) is 7.10. The van der Waals surface area contributed by atoms with Crippen molar-refractivity contribution in [1.82, 2.24) is 20.2 Å². The van der Waals surface area contributed by atoms with Crippen molar-refractivity contribution in [1.29, 1.82) is 0 Å². The summed E-state index contributed by atoms with van der Waals surface area (Å²) in [6, 6.07) is 5.14. The monoisotopic (exact) mass is 354 g/mol. The fourth-order valence-electron chi connectivity index (χ4n) is 3.67. The van der Waals surface area contributed by atoms with Gasteiger partial charge in [0.1, 0.15) is 5.56 Å². The molecule has 1 aliphatic heterocycles. The molecule has 2 aromatic heterocycles. The molecule has 0 aromatic carbocycles. The summed E-state index contributed by atoms with van der Waals surface area (Å²) < 4.78 is 2.17. The van der Waals surface area contributed by atoms with E-state index < -0.39 is 5.56 Å². The molecule has 136 valence electrons. The number of nitrogens with one attached hydrogen (secondary N) is 3. The number of hydrogen-bond donors (Lipinski definition) is 3. The van der Waals surface area contributed by atoms with Crippen molar-refractivity contribution in [2.75, 3.05) is 0 Å². The highest BCUT2D eigenvalue weighted by Gasteiger charge is 2.32. The zero-order chi connectivity index (χ0) is 18.1. The molecule has 2 aliphatic rings. The highest BCUT2D eigenvalue weighted by molar-refractivity contribution is 5.95. The molecule has 1 fully saturated rings. The Morgan fingerprint density at radius 1 is 1.12 bits per heavy atom. The number of hydrogen-bond acceptors (Lipinski definition) is 3. The van der Waals surface area contributed by atoms with Crippen LogP contribution >= 0.6 is 0 Å². The summed E-state index contributed by atoms with van der Waals surface area (Å²) in [6.45, 7) is 0.985. The highest BCUT2D eigenvalue weighted by atomic mass is 16.2. The van der Waals surface area contributed by atoms with E-state index >= 15 is 0 Å². The molecule has 0 saturated heterocycles. The van der Waals surface area contributed by atoms with Gasteiger partial charge in [0.2, 0.25) is 0 Å². The summed E-state index contributed by atoms with van der Waals surface area (Å²) in [5.41, 5.74) is 1.66. The number of pyridine rings is 1. The Balaban J connectivity index is 1.28. The van der Waals surface area contributed by atoms with Crippen LogP contribution in [0, 0.1) is 0 Å². The number of carbonyl (C=O) groups is 2. The molecular weight excluding hydrogens is 332 g/mol. The lowest BCUT2D eigenvalue weighted by Crippen LogP contribution is -2.54. The van der Waals surface area contributed by atoms with Crippen molar-refractivity contribution in [3.63, 3.8) is 0 Å². The lowest BCUT2D eigenvalue weighted by molar-refractivity contribution is 0.0862. The third-order valence-electron chi connectivity index (χ3n) is 5.20. The van der Waals surface area contributed by atoms with Crippen LogP contribution in [0.15, 0.2) is 35.4 Å². The minimum atomic E-state index is -0.396. The minimum absolute atomic E-state index is 0.0188. The van der Waals surface area contributed by atoms with E-state index in [1.807, 2.05) is 12.3 Å². The van der Waals surface area contributed by atoms with Gasteiger partial charge in [-0.2, -0.15) is 0 Å². The van der Waals surface area contributed by atoms with Crippen LogP contribution in [0.2, 0.25) is 0 Å². The number of carbonyl (C=O) groups excluding carboxylic acids is 2. The number of H-pyrrole nitrogens is 1. The Labute approximate surface area is 150 Å².